The van der Waals surface area contributed by atoms with Gasteiger partial charge in [-0.15, -0.1) is 0 Å². The lowest BCUT2D eigenvalue weighted by molar-refractivity contribution is -0.117. The average molecular weight is 447 g/mol. The smallest absolute Gasteiger partial charge is 0.293 e. The SMILES string of the molecule is CCOc1ccccc1NC(=O)Cn1nc(C2CC2)c2cnn(-c3ccc(F)cc3)c2c1=O. The molecule has 5 rings (SSSR count). The minimum Gasteiger partial charge on any atom is -0.492 e. The quantitative estimate of drug-likeness (QED) is 0.467. The third kappa shape index (κ3) is 4.09. The van der Waals surface area contributed by atoms with Crippen LogP contribution in [-0.4, -0.2) is 32.1 Å². The molecule has 2 aromatic carbocycles. The van der Waals surface area contributed by atoms with E-state index in [0.29, 0.717) is 34.6 Å². The van der Waals surface area contributed by atoms with E-state index >= 15 is 0 Å². The zero-order valence-corrected chi connectivity index (χ0v) is 18.0. The molecule has 1 aliphatic carbocycles. The molecule has 1 fully saturated rings. The number of hydrogen-bond donors (Lipinski definition) is 1. The van der Waals surface area contributed by atoms with Gasteiger partial charge in [-0.1, -0.05) is 12.1 Å². The van der Waals surface area contributed by atoms with Gasteiger partial charge in [0, 0.05) is 11.3 Å². The fourth-order valence-electron chi connectivity index (χ4n) is 3.81. The minimum atomic E-state index is -0.440. The number of nitrogens with one attached hydrogen (secondary N) is 1. The number of rotatable bonds is 7. The predicted octanol–water partition coefficient (Wildman–Crippen LogP) is 3.64. The summed E-state index contributed by atoms with van der Waals surface area (Å²) in [5, 5.41) is 12.4. The van der Waals surface area contributed by atoms with E-state index in [1.54, 1.807) is 36.5 Å². The van der Waals surface area contributed by atoms with Crippen LogP contribution >= 0.6 is 0 Å². The second kappa shape index (κ2) is 8.50. The van der Waals surface area contributed by atoms with Gasteiger partial charge < -0.3 is 10.1 Å². The highest BCUT2D eigenvalue weighted by atomic mass is 19.1. The topological polar surface area (TPSA) is 91.0 Å². The molecule has 0 bridgehead atoms. The highest BCUT2D eigenvalue weighted by molar-refractivity contribution is 5.92. The number of fused-ring (bicyclic) bond motifs is 1. The monoisotopic (exact) mass is 447 g/mol. The Kier molecular flexibility index (Phi) is 5.37. The molecule has 4 aromatic rings. The van der Waals surface area contributed by atoms with Crippen LogP contribution in [0.5, 0.6) is 5.75 Å². The number of aromatic nitrogens is 4. The van der Waals surface area contributed by atoms with Crippen molar-refractivity contribution in [3.8, 4) is 11.4 Å². The van der Waals surface area contributed by atoms with Crippen molar-refractivity contribution < 1.29 is 13.9 Å². The Labute approximate surface area is 188 Å². The fourth-order valence-corrected chi connectivity index (χ4v) is 3.81. The first-order chi connectivity index (χ1) is 16.0. The molecular weight excluding hydrogens is 425 g/mol. The number of ether oxygens (including phenoxy) is 1. The average Bonchev–Trinajstić information content (AvgIpc) is 3.56. The molecule has 0 spiro atoms. The van der Waals surface area contributed by atoms with E-state index in [-0.39, 0.29) is 18.3 Å². The van der Waals surface area contributed by atoms with E-state index in [4.69, 9.17) is 4.74 Å². The Morgan fingerprint density at radius 3 is 2.67 bits per heavy atom. The largest absolute Gasteiger partial charge is 0.492 e. The zero-order valence-electron chi connectivity index (χ0n) is 18.0. The summed E-state index contributed by atoms with van der Waals surface area (Å²) in [6, 6.07) is 12.9. The molecule has 0 aliphatic heterocycles. The second-order valence-corrected chi connectivity index (χ2v) is 7.89. The van der Waals surface area contributed by atoms with Crippen molar-refractivity contribution in [3.05, 3.63) is 76.6 Å². The maximum atomic E-state index is 13.4. The molecule has 33 heavy (non-hydrogen) atoms. The van der Waals surface area contributed by atoms with Crippen molar-refractivity contribution in [2.24, 2.45) is 0 Å². The molecule has 168 valence electrons. The Hall–Kier alpha value is -4.01. The van der Waals surface area contributed by atoms with Crippen LogP contribution in [0.4, 0.5) is 10.1 Å². The summed E-state index contributed by atoms with van der Waals surface area (Å²) >= 11 is 0. The van der Waals surface area contributed by atoms with Crippen LogP contribution in [0.25, 0.3) is 16.6 Å². The summed E-state index contributed by atoms with van der Waals surface area (Å²) in [6.45, 7) is 2.06. The Bertz CT molecular complexity index is 1390. The summed E-state index contributed by atoms with van der Waals surface area (Å²) in [4.78, 5) is 26.2. The molecule has 0 saturated heterocycles. The maximum Gasteiger partial charge on any atom is 0.293 e. The summed E-state index contributed by atoms with van der Waals surface area (Å²) in [5.74, 6) is 0.00628. The third-order valence-electron chi connectivity index (χ3n) is 5.50. The Morgan fingerprint density at radius 2 is 1.94 bits per heavy atom. The van der Waals surface area contributed by atoms with E-state index in [0.717, 1.165) is 18.5 Å². The molecule has 0 radical (unpaired) electrons. The molecule has 8 nitrogen and oxygen atoms in total. The van der Waals surface area contributed by atoms with Gasteiger partial charge in [0.05, 0.1) is 29.9 Å². The third-order valence-corrected chi connectivity index (χ3v) is 5.50. The van der Waals surface area contributed by atoms with Gasteiger partial charge in [0.25, 0.3) is 5.56 Å². The van der Waals surface area contributed by atoms with Crippen LogP contribution < -0.4 is 15.6 Å². The molecule has 0 atom stereocenters. The zero-order chi connectivity index (χ0) is 22.9. The Morgan fingerprint density at radius 1 is 1.18 bits per heavy atom. The van der Waals surface area contributed by atoms with Gasteiger partial charge in [-0.2, -0.15) is 10.2 Å². The van der Waals surface area contributed by atoms with Crippen molar-refractivity contribution in [1.29, 1.82) is 0 Å². The number of amides is 1. The second-order valence-electron chi connectivity index (χ2n) is 7.89. The van der Waals surface area contributed by atoms with E-state index in [9.17, 15) is 14.0 Å². The number of nitrogens with zero attached hydrogens (tertiary/aromatic N) is 4. The lowest BCUT2D eigenvalue weighted by atomic mass is 10.2. The van der Waals surface area contributed by atoms with Crippen LogP contribution in [0.15, 0.2) is 59.5 Å². The fraction of sp³-hybridized carbons (Fsp3) is 0.250. The van der Waals surface area contributed by atoms with Gasteiger partial charge in [-0.3, -0.25) is 9.59 Å². The van der Waals surface area contributed by atoms with Gasteiger partial charge in [-0.05, 0) is 56.2 Å². The normalized spacial score (nSPS) is 13.3. The van der Waals surface area contributed by atoms with E-state index in [2.05, 4.69) is 15.5 Å². The first-order valence-corrected chi connectivity index (χ1v) is 10.8. The van der Waals surface area contributed by atoms with Crippen molar-refractivity contribution in [2.75, 3.05) is 11.9 Å². The predicted molar refractivity (Wildman–Crippen MR) is 121 cm³/mol. The van der Waals surface area contributed by atoms with Gasteiger partial charge in [-0.25, -0.2) is 13.8 Å². The molecule has 0 unspecified atom stereocenters. The van der Waals surface area contributed by atoms with Crippen LogP contribution in [0.1, 0.15) is 31.4 Å². The highest BCUT2D eigenvalue weighted by Gasteiger charge is 2.30. The molecule has 9 heteroatoms. The maximum absolute atomic E-state index is 13.4. The van der Waals surface area contributed by atoms with Gasteiger partial charge in [0.1, 0.15) is 23.6 Å². The van der Waals surface area contributed by atoms with Gasteiger partial charge in [0.15, 0.2) is 0 Å². The molecule has 1 amide bonds. The number of carbonyl (C=O) groups excluding carboxylic acids is 1. The van der Waals surface area contributed by atoms with Gasteiger partial charge >= 0.3 is 0 Å². The number of hydrogen-bond acceptors (Lipinski definition) is 5. The molecule has 2 aromatic heterocycles. The number of carbonyl (C=O) groups is 1. The van der Waals surface area contributed by atoms with Crippen molar-refractivity contribution in [3.63, 3.8) is 0 Å². The minimum absolute atomic E-state index is 0.229. The van der Waals surface area contributed by atoms with Crippen molar-refractivity contribution in [1.82, 2.24) is 19.6 Å². The van der Waals surface area contributed by atoms with E-state index in [1.165, 1.54) is 21.5 Å². The Balaban J connectivity index is 1.53. The van der Waals surface area contributed by atoms with Gasteiger partial charge in [0.2, 0.25) is 5.91 Å². The lowest BCUT2D eigenvalue weighted by Gasteiger charge is -2.13. The first kappa shape index (κ1) is 20.9. The lowest BCUT2D eigenvalue weighted by Crippen LogP contribution is -2.31. The summed E-state index contributed by atoms with van der Waals surface area (Å²) in [5.41, 5.74) is 1.71. The van der Waals surface area contributed by atoms with Crippen LogP contribution in [0.2, 0.25) is 0 Å². The number of benzene rings is 2. The van der Waals surface area contributed by atoms with Crippen molar-refractivity contribution >= 4 is 22.5 Å². The summed E-state index contributed by atoms with van der Waals surface area (Å²) in [7, 11) is 0. The molecule has 1 N–H and O–H groups in total. The number of para-hydroxylation sites is 2. The summed E-state index contributed by atoms with van der Waals surface area (Å²) < 4.78 is 21.6. The van der Waals surface area contributed by atoms with E-state index < -0.39 is 11.5 Å². The highest BCUT2D eigenvalue weighted by Crippen LogP contribution is 2.41. The number of anilines is 1. The van der Waals surface area contributed by atoms with Crippen LogP contribution in [0, 0.1) is 5.82 Å². The molecular formula is C24H22FN5O3. The standard InChI is InChI=1S/C24H22FN5O3/c1-2-33-20-6-4-3-5-19(20)27-21(31)14-29-24(32)23-18(22(28-29)15-7-8-15)13-26-30(23)17-11-9-16(25)10-12-17/h3-6,9-13,15H,2,7-8,14H2,1H3,(H,27,31). The molecule has 1 aliphatic rings. The summed E-state index contributed by atoms with van der Waals surface area (Å²) in [6.07, 6.45) is 3.55. The first-order valence-electron chi connectivity index (χ1n) is 10.8. The van der Waals surface area contributed by atoms with E-state index in [1.807, 2.05) is 13.0 Å². The molecule has 1 saturated carbocycles. The van der Waals surface area contributed by atoms with Crippen molar-refractivity contribution in [2.45, 2.75) is 32.2 Å². The molecule has 2 heterocycles. The van der Waals surface area contributed by atoms with Crippen LogP contribution in [-0.2, 0) is 11.3 Å². The number of halogens is 1. The van der Waals surface area contributed by atoms with Crippen LogP contribution in [0.3, 0.4) is 0 Å².